The molecule has 5 aromatic carbocycles. The number of ether oxygens (including phenoxy) is 3. The quantitative estimate of drug-likeness (QED) is 0.154. The van der Waals surface area contributed by atoms with Crippen LogP contribution in [0.15, 0.2) is 133 Å². The molecule has 0 unspecified atom stereocenters. The van der Waals surface area contributed by atoms with Crippen LogP contribution in [0.2, 0.25) is 0 Å². The topological polar surface area (TPSA) is 82.1 Å². The van der Waals surface area contributed by atoms with Gasteiger partial charge in [-0.3, -0.25) is 14.4 Å². The molecular weight excluding hydrogens is 626 g/mol. The molecule has 0 radical (unpaired) electrons. The van der Waals surface area contributed by atoms with Gasteiger partial charge in [-0.15, -0.1) is 0 Å². The first-order valence-electron chi connectivity index (χ1n) is 16.7. The van der Waals surface area contributed by atoms with E-state index in [2.05, 4.69) is 0 Å². The molecule has 2 amide bonds. The van der Waals surface area contributed by atoms with E-state index in [1.54, 1.807) is 38.5 Å². The fourth-order valence-corrected chi connectivity index (χ4v) is 8.75. The third kappa shape index (κ3) is 4.13. The zero-order valence-electron chi connectivity index (χ0n) is 28.0. The number of Topliss-reactive ketones (excluding diaryl/α,β-unsaturated/α-hetero) is 1. The van der Waals surface area contributed by atoms with Crippen molar-refractivity contribution in [2.24, 2.45) is 11.8 Å². The summed E-state index contributed by atoms with van der Waals surface area (Å²) in [5.41, 5.74) is 1.73. The van der Waals surface area contributed by atoms with Crippen LogP contribution < -0.4 is 19.1 Å². The third-order valence-corrected chi connectivity index (χ3v) is 10.6. The number of ketones is 1. The van der Waals surface area contributed by atoms with Crippen LogP contribution in [0.3, 0.4) is 0 Å². The van der Waals surface area contributed by atoms with Gasteiger partial charge in [0, 0.05) is 0 Å². The molecule has 248 valence electrons. The summed E-state index contributed by atoms with van der Waals surface area (Å²) in [5.74, 6) is -1.06. The Bertz CT molecular complexity index is 2010. The van der Waals surface area contributed by atoms with E-state index >= 15 is 14.4 Å². The zero-order chi connectivity index (χ0) is 34.6. The summed E-state index contributed by atoms with van der Waals surface area (Å²) >= 11 is 0. The number of allylic oxidation sites excluding steroid dienone is 2. The predicted octanol–water partition coefficient (Wildman–Crippen LogP) is 7.29. The largest absolute Gasteiger partial charge is 0.497 e. The van der Waals surface area contributed by atoms with Gasteiger partial charge in [0.2, 0.25) is 11.8 Å². The number of fused-ring (bicyclic) bond motifs is 5. The Morgan fingerprint density at radius 3 is 1.32 bits per heavy atom. The van der Waals surface area contributed by atoms with Crippen molar-refractivity contribution in [3.63, 3.8) is 0 Å². The maximum atomic E-state index is 16.1. The van der Waals surface area contributed by atoms with E-state index in [0.29, 0.717) is 51.8 Å². The molecule has 3 aliphatic rings. The Kier molecular flexibility index (Phi) is 7.44. The highest BCUT2D eigenvalue weighted by atomic mass is 16.5. The summed E-state index contributed by atoms with van der Waals surface area (Å²) in [5, 5.41) is 0. The fraction of sp³-hybridized carbons (Fsp3) is 0.186. The average Bonchev–Trinajstić information content (AvgIpc) is 3.68. The molecular formula is C43H35NO6. The zero-order valence-corrected chi connectivity index (χ0v) is 28.0. The first-order chi connectivity index (χ1) is 24.4. The van der Waals surface area contributed by atoms with Crippen molar-refractivity contribution in [1.29, 1.82) is 0 Å². The number of methoxy groups -OCH3 is 2. The van der Waals surface area contributed by atoms with E-state index < -0.39 is 34.5 Å². The molecule has 2 bridgehead atoms. The van der Waals surface area contributed by atoms with Crippen molar-refractivity contribution >= 4 is 34.4 Å². The summed E-state index contributed by atoms with van der Waals surface area (Å²) in [6, 6.07) is 41.2. The van der Waals surface area contributed by atoms with Gasteiger partial charge in [0.1, 0.15) is 17.2 Å². The molecule has 0 spiro atoms. The van der Waals surface area contributed by atoms with Crippen molar-refractivity contribution in [3.05, 3.63) is 156 Å². The molecule has 2 aliphatic carbocycles. The number of hydrogen-bond acceptors (Lipinski definition) is 6. The lowest BCUT2D eigenvalue weighted by molar-refractivity contribution is -0.130. The summed E-state index contributed by atoms with van der Waals surface area (Å²) < 4.78 is 16.7. The van der Waals surface area contributed by atoms with Gasteiger partial charge >= 0.3 is 0 Å². The second-order valence-corrected chi connectivity index (χ2v) is 12.8. The minimum Gasteiger partial charge on any atom is -0.497 e. The fourth-order valence-electron chi connectivity index (χ4n) is 8.75. The molecule has 8 rings (SSSR count). The summed E-state index contributed by atoms with van der Waals surface area (Å²) in [6.45, 7) is 2.38. The van der Waals surface area contributed by atoms with Gasteiger partial charge in [0.05, 0.1) is 49.2 Å². The Balaban J connectivity index is 1.50. The summed E-state index contributed by atoms with van der Waals surface area (Å²) in [6.07, 6.45) is 0. The number of imide groups is 1. The van der Waals surface area contributed by atoms with Gasteiger partial charge in [-0.1, -0.05) is 84.9 Å². The highest BCUT2D eigenvalue weighted by molar-refractivity contribution is 6.39. The van der Waals surface area contributed by atoms with E-state index in [0.717, 1.165) is 11.1 Å². The van der Waals surface area contributed by atoms with Crippen molar-refractivity contribution < 1.29 is 28.6 Å². The van der Waals surface area contributed by atoms with Gasteiger partial charge in [-0.05, 0) is 88.9 Å². The molecule has 7 heteroatoms. The van der Waals surface area contributed by atoms with E-state index in [1.807, 2.05) is 116 Å². The number of hydrogen-bond donors (Lipinski definition) is 0. The Morgan fingerprint density at radius 2 is 0.940 bits per heavy atom. The second-order valence-electron chi connectivity index (χ2n) is 12.8. The summed E-state index contributed by atoms with van der Waals surface area (Å²) in [7, 11) is 3.22. The van der Waals surface area contributed by atoms with E-state index in [-0.39, 0.29) is 5.78 Å². The van der Waals surface area contributed by atoms with Crippen molar-refractivity contribution in [3.8, 4) is 17.2 Å². The lowest BCUT2D eigenvalue weighted by Gasteiger charge is -2.39. The first kappa shape index (κ1) is 31.3. The molecule has 4 atom stereocenters. The number of nitrogens with zero attached hydrogens (tertiary/aromatic N) is 1. The lowest BCUT2D eigenvalue weighted by Crippen LogP contribution is -2.45. The minimum atomic E-state index is -1.50. The maximum Gasteiger partial charge on any atom is 0.239 e. The van der Waals surface area contributed by atoms with Crippen LogP contribution in [-0.4, -0.2) is 38.4 Å². The van der Waals surface area contributed by atoms with Gasteiger partial charge in [-0.25, -0.2) is 4.90 Å². The molecule has 1 heterocycles. The smallest absolute Gasteiger partial charge is 0.239 e. The van der Waals surface area contributed by atoms with Crippen LogP contribution in [0.25, 0.3) is 11.1 Å². The number of anilines is 1. The van der Waals surface area contributed by atoms with Crippen molar-refractivity contribution in [2.75, 3.05) is 25.7 Å². The van der Waals surface area contributed by atoms with Gasteiger partial charge in [0.25, 0.3) is 0 Å². The number of carbonyl (C=O) groups excluding carboxylic acids is 3. The SMILES string of the molecule is CCOc1ccc(N2C(=O)[C@@H]3[C@@H](C2=O)[C@@]2(c4ccccc4)C(=O)[C@@]3(c3ccccc3)C(c3ccc(OC)cc3)=C2c2ccc(OC)cc2)cc1. The summed E-state index contributed by atoms with van der Waals surface area (Å²) in [4.78, 5) is 47.7. The van der Waals surface area contributed by atoms with Crippen molar-refractivity contribution in [1.82, 2.24) is 0 Å². The highest BCUT2D eigenvalue weighted by Gasteiger charge is 2.82. The Labute approximate surface area is 290 Å². The second kappa shape index (κ2) is 11.9. The number of carbonyl (C=O) groups is 3. The molecule has 1 aliphatic heterocycles. The molecule has 5 aromatic rings. The van der Waals surface area contributed by atoms with E-state index in [9.17, 15) is 0 Å². The lowest BCUT2D eigenvalue weighted by atomic mass is 9.59. The number of rotatable bonds is 9. The Hall–Kier alpha value is -5.95. The number of benzene rings is 5. The van der Waals surface area contributed by atoms with Gasteiger partial charge in [0.15, 0.2) is 5.78 Å². The third-order valence-electron chi connectivity index (χ3n) is 10.6. The van der Waals surface area contributed by atoms with Crippen LogP contribution >= 0.6 is 0 Å². The molecule has 7 nitrogen and oxygen atoms in total. The van der Waals surface area contributed by atoms with Crippen LogP contribution in [0.4, 0.5) is 5.69 Å². The highest BCUT2D eigenvalue weighted by Crippen LogP contribution is 2.74. The predicted molar refractivity (Wildman–Crippen MR) is 191 cm³/mol. The molecule has 1 saturated carbocycles. The van der Waals surface area contributed by atoms with E-state index in [4.69, 9.17) is 14.2 Å². The average molecular weight is 662 g/mol. The van der Waals surface area contributed by atoms with Crippen LogP contribution in [-0.2, 0) is 25.2 Å². The van der Waals surface area contributed by atoms with Crippen molar-refractivity contribution in [2.45, 2.75) is 17.8 Å². The minimum absolute atomic E-state index is 0.179. The normalized spacial score (nSPS) is 23.7. The molecule has 50 heavy (non-hydrogen) atoms. The Morgan fingerprint density at radius 1 is 0.540 bits per heavy atom. The first-order valence-corrected chi connectivity index (χ1v) is 16.7. The number of amides is 2. The molecule has 1 saturated heterocycles. The van der Waals surface area contributed by atoms with Crippen LogP contribution in [0.1, 0.15) is 29.2 Å². The molecule has 0 N–H and O–H groups in total. The van der Waals surface area contributed by atoms with Crippen LogP contribution in [0.5, 0.6) is 17.2 Å². The van der Waals surface area contributed by atoms with Gasteiger partial charge in [-0.2, -0.15) is 0 Å². The van der Waals surface area contributed by atoms with Gasteiger partial charge < -0.3 is 14.2 Å². The molecule has 2 fully saturated rings. The van der Waals surface area contributed by atoms with E-state index in [1.165, 1.54) is 4.90 Å². The maximum absolute atomic E-state index is 16.1. The monoisotopic (exact) mass is 661 g/mol. The van der Waals surface area contributed by atoms with Crippen LogP contribution in [0, 0.1) is 11.8 Å². The molecule has 0 aromatic heterocycles. The standard InChI is InChI=1S/C43H35NO6/c1-4-50-34-25-19-31(20-26-34)44-39(45)37-38(40(44)46)43(30-13-9-6-10-14-30)36(28-17-23-33(49-3)24-18-28)35(27-15-21-32(48-2)22-16-27)42(37,41(43)47)29-11-7-5-8-12-29/h5-26,37-38H,4H2,1-3H3/t37-,38-,42-,43-/m0/s1.